The van der Waals surface area contributed by atoms with Gasteiger partial charge in [-0.1, -0.05) is 58.1 Å². The summed E-state index contributed by atoms with van der Waals surface area (Å²) in [4.78, 5) is 12.7. The van der Waals surface area contributed by atoms with E-state index in [2.05, 4.69) is 26.0 Å². The third-order valence-corrected chi connectivity index (χ3v) is 6.96. The van der Waals surface area contributed by atoms with Crippen LogP contribution in [0.2, 0.25) is 0 Å². The van der Waals surface area contributed by atoms with E-state index in [4.69, 9.17) is 4.74 Å². The number of ether oxygens (including phenoxy) is 1. The van der Waals surface area contributed by atoms with Crippen molar-refractivity contribution in [3.8, 4) is 5.75 Å². The quantitative estimate of drug-likeness (QED) is 0.281. The third kappa shape index (κ3) is 5.83. The van der Waals surface area contributed by atoms with E-state index >= 15 is 0 Å². The summed E-state index contributed by atoms with van der Waals surface area (Å²) in [6.45, 7) is 4.53. The van der Waals surface area contributed by atoms with E-state index in [1.54, 1.807) is 0 Å². The fourth-order valence-electron chi connectivity index (χ4n) is 5.37. The minimum absolute atomic E-state index is 0.00265. The molecule has 2 heteroatoms. The van der Waals surface area contributed by atoms with Crippen LogP contribution in [0, 0.1) is 23.7 Å². The average Bonchev–Trinajstić information content (AvgIpc) is 2.69. The summed E-state index contributed by atoms with van der Waals surface area (Å²) in [6.07, 6.45) is 15.0. The summed E-state index contributed by atoms with van der Waals surface area (Å²) in [6, 6.07) is 8.18. The minimum Gasteiger partial charge on any atom is -0.426 e. The zero-order valence-electron chi connectivity index (χ0n) is 17.4. The fraction of sp³-hybridized carbons (Fsp3) is 0.720. The third-order valence-electron chi connectivity index (χ3n) is 6.96. The van der Waals surface area contributed by atoms with Gasteiger partial charge in [0.25, 0.3) is 0 Å². The summed E-state index contributed by atoms with van der Waals surface area (Å²) in [7, 11) is 0. The van der Waals surface area contributed by atoms with Crippen molar-refractivity contribution in [3.63, 3.8) is 0 Å². The molecule has 1 aromatic rings. The van der Waals surface area contributed by atoms with Crippen molar-refractivity contribution in [1.82, 2.24) is 0 Å². The Morgan fingerprint density at radius 3 is 2.41 bits per heavy atom. The predicted octanol–water partition coefficient (Wildman–Crippen LogP) is 6.96. The maximum atomic E-state index is 12.7. The van der Waals surface area contributed by atoms with Gasteiger partial charge in [-0.15, -0.1) is 0 Å². The van der Waals surface area contributed by atoms with Crippen LogP contribution in [0.25, 0.3) is 0 Å². The van der Waals surface area contributed by atoms with Crippen molar-refractivity contribution in [1.29, 1.82) is 0 Å². The van der Waals surface area contributed by atoms with E-state index in [9.17, 15) is 4.79 Å². The van der Waals surface area contributed by atoms with Crippen LogP contribution in [0.4, 0.5) is 0 Å². The molecule has 4 atom stereocenters. The van der Waals surface area contributed by atoms with Crippen LogP contribution in [0.1, 0.15) is 90.0 Å². The lowest BCUT2D eigenvalue weighted by Crippen LogP contribution is -2.35. The molecular weight excluding hydrogens is 332 g/mol. The molecular formula is C25H38O2. The largest absolute Gasteiger partial charge is 0.426 e. The Kier molecular flexibility index (Phi) is 7.79. The van der Waals surface area contributed by atoms with Crippen molar-refractivity contribution >= 4 is 5.97 Å². The van der Waals surface area contributed by atoms with Gasteiger partial charge >= 0.3 is 5.97 Å². The predicted molar refractivity (Wildman–Crippen MR) is 112 cm³/mol. The van der Waals surface area contributed by atoms with Gasteiger partial charge in [0.2, 0.25) is 0 Å². The highest BCUT2D eigenvalue weighted by Crippen LogP contribution is 2.45. The lowest BCUT2D eigenvalue weighted by atomic mass is 9.64. The average molecular weight is 371 g/mol. The lowest BCUT2D eigenvalue weighted by molar-refractivity contribution is -0.141. The van der Waals surface area contributed by atoms with Gasteiger partial charge in [0, 0.05) is 0 Å². The maximum absolute atomic E-state index is 12.7. The molecule has 27 heavy (non-hydrogen) atoms. The molecule has 0 bridgehead atoms. The summed E-state index contributed by atoms with van der Waals surface area (Å²) in [5.74, 6) is 3.39. The van der Waals surface area contributed by atoms with Gasteiger partial charge in [-0.2, -0.15) is 0 Å². The molecule has 0 radical (unpaired) electrons. The second-order valence-electron chi connectivity index (χ2n) is 9.02. The molecule has 0 spiro atoms. The first-order valence-electron chi connectivity index (χ1n) is 11.5. The van der Waals surface area contributed by atoms with E-state index in [1.807, 2.05) is 12.1 Å². The number of unbranched alkanes of at least 4 members (excludes halogenated alkanes) is 2. The molecule has 3 rings (SSSR count). The Morgan fingerprint density at radius 2 is 1.67 bits per heavy atom. The van der Waals surface area contributed by atoms with Crippen molar-refractivity contribution < 1.29 is 9.53 Å². The van der Waals surface area contributed by atoms with Crippen LogP contribution in [-0.2, 0) is 11.2 Å². The van der Waals surface area contributed by atoms with Gasteiger partial charge < -0.3 is 4.74 Å². The smallest absolute Gasteiger partial charge is 0.314 e. The summed E-state index contributed by atoms with van der Waals surface area (Å²) in [5.41, 5.74) is 1.34. The van der Waals surface area contributed by atoms with E-state index in [-0.39, 0.29) is 11.9 Å². The van der Waals surface area contributed by atoms with Crippen LogP contribution >= 0.6 is 0 Å². The number of rotatable bonds is 8. The molecule has 0 aliphatic heterocycles. The number of carbonyl (C=O) groups is 1. The maximum Gasteiger partial charge on any atom is 0.314 e. The molecule has 1 aromatic carbocycles. The SMILES string of the molecule is CCCCCc1ccc(OC(=O)[C@@H]2CC[C@@H]3CC(CCC)CCC3C2)cc1. The van der Waals surface area contributed by atoms with E-state index < -0.39 is 0 Å². The van der Waals surface area contributed by atoms with E-state index in [0.29, 0.717) is 5.75 Å². The molecule has 0 aromatic heterocycles. The van der Waals surface area contributed by atoms with E-state index in [1.165, 1.54) is 63.4 Å². The van der Waals surface area contributed by atoms with Gasteiger partial charge in [0.05, 0.1) is 5.92 Å². The highest BCUT2D eigenvalue weighted by Gasteiger charge is 2.38. The Labute approximate surface area is 166 Å². The molecule has 0 amide bonds. The van der Waals surface area contributed by atoms with Crippen LogP contribution < -0.4 is 4.74 Å². The van der Waals surface area contributed by atoms with Crippen molar-refractivity contribution in [2.24, 2.45) is 23.7 Å². The highest BCUT2D eigenvalue weighted by molar-refractivity contribution is 5.75. The van der Waals surface area contributed by atoms with Crippen molar-refractivity contribution in [2.75, 3.05) is 0 Å². The zero-order chi connectivity index (χ0) is 19.1. The number of esters is 1. The lowest BCUT2D eigenvalue weighted by Gasteiger charge is -2.41. The number of hydrogen-bond donors (Lipinski definition) is 0. The first-order chi connectivity index (χ1) is 13.2. The number of hydrogen-bond acceptors (Lipinski definition) is 2. The standard InChI is InChI=1S/C25H38O2/c1-3-5-6-8-19-10-15-24(16-11-19)27-25(26)23-14-13-21-17-20(7-4-2)9-12-22(21)18-23/h10-11,15-16,20-23H,3-9,12-14,17-18H2,1-2H3/t20?,21-,22?,23-/m1/s1. The number of fused-ring (bicyclic) bond motifs is 1. The van der Waals surface area contributed by atoms with E-state index in [0.717, 1.165) is 37.0 Å². The normalized spacial score (nSPS) is 27.8. The summed E-state index contributed by atoms with van der Waals surface area (Å²) < 4.78 is 5.73. The zero-order valence-corrected chi connectivity index (χ0v) is 17.4. The topological polar surface area (TPSA) is 26.3 Å². The first-order valence-corrected chi connectivity index (χ1v) is 11.5. The summed E-state index contributed by atoms with van der Waals surface area (Å²) >= 11 is 0. The monoisotopic (exact) mass is 370 g/mol. The molecule has 0 saturated heterocycles. The Bertz CT molecular complexity index is 576. The minimum atomic E-state index is 0.00265. The van der Waals surface area contributed by atoms with Gasteiger partial charge in [-0.3, -0.25) is 4.79 Å². The van der Waals surface area contributed by atoms with Gasteiger partial charge in [-0.25, -0.2) is 0 Å². The molecule has 2 saturated carbocycles. The fourth-order valence-corrected chi connectivity index (χ4v) is 5.37. The number of carbonyl (C=O) groups excluding carboxylic acids is 1. The summed E-state index contributed by atoms with van der Waals surface area (Å²) in [5, 5.41) is 0. The Morgan fingerprint density at radius 1 is 0.926 bits per heavy atom. The number of aryl methyl sites for hydroxylation is 1. The second-order valence-corrected chi connectivity index (χ2v) is 9.02. The van der Waals surface area contributed by atoms with Gasteiger partial charge in [0.1, 0.15) is 5.75 Å². The van der Waals surface area contributed by atoms with Crippen LogP contribution in [0.15, 0.2) is 24.3 Å². The molecule has 2 fully saturated rings. The molecule has 2 nitrogen and oxygen atoms in total. The van der Waals surface area contributed by atoms with Crippen LogP contribution in [-0.4, -0.2) is 5.97 Å². The molecule has 2 aliphatic carbocycles. The molecule has 0 heterocycles. The van der Waals surface area contributed by atoms with Gasteiger partial charge in [-0.05, 0) is 80.4 Å². The number of benzene rings is 1. The highest BCUT2D eigenvalue weighted by atomic mass is 16.5. The Balaban J connectivity index is 1.46. The van der Waals surface area contributed by atoms with Crippen molar-refractivity contribution in [3.05, 3.63) is 29.8 Å². The van der Waals surface area contributed by atoms with Crippen LogP contribution in [0.5, 0.6) is 5.75 Å². The molecule has 150 valence electrons. The van der Waals surface area contributed by atoms with Gasteiger partial charge in [0.15, 0.2) is 0 Å². The molecule has 0 N–H and O–H groups in total. The second kappa shape index (κ2) is 10.3. The van der Waals surface area contributed by atoms with Crippen LogP contribution in [0.3, 0.4) is 0 Å². The Hall–Kier alpha value is -1.31. The first kappa shape index (κ1) is 20.4. The molecule has 2 unspecified atom stereocenters. The van der Waals surface area contributed by atoms with Crippen molar-refractivity contribution in [2.45, 2.75) is 90.9 Å². The molecule has 2 aliphatic rings.